The number of unbranched alkanes of at least 4 members (excludes halogenated alkanes) is 1. The van der Waals surface area contributed by atoms with Crippen molar-refractivity contribution in [2.24, 2.45) is 0 Å². The Morgan fingerprint density at radius 2 is 1.79 bits per heavy atom. The Morgan fingerprint density at radius 3 is 2.50 bits per heavy atom. The Labute approximate surface area is 143 Å². The van der Waals surface area contributed by atoms with Gasteiger partial charge in [0.05, 0.1) is 0 Å². The molecule has 1 amide bonds. The Morgan fingerprint density at radius 1 is 1.00 bits per heavy atom. The molecule has 0 N–H and O–H groups in total. The van der Waals surface area contributed by atoms with Gasteiger partial charge in [-0.3, -0.25) is 4.79 Å². The van der Waals surface area contributed by atoms with Gasteiger partial charge in [-0.1, -0.05) is 12.1 Å². The fourth-order valence-corrected chi connectivity index (χ4v) is 3.04. The van der Waals surface area contributed by atoms with Crippen LogP contribution in [0.2, 0.25) is 0 Å². The number of aromatic nitrogens is 2. The number of amides is 1. The fourth-order valence-electron chi connectivity index (χ4n) is 3.04. The summed E-state index contributed by atoms with van der Waals surface area (Å²) < 4.78 is 2.16. The van der Waals surface area contributed by atoms with Crippen molar-refractivity contribution in [3.05, 3.63) is 55.0 Å². The predicted molar refractivity (Wildman–Crippen MR) is 93.5 cm³/mol. The molecule has 126 valence electrons. The van der Waals surface area contributed by atoms with Gasteiger partial charge in [0.15, 0.2) is 12.4 Å². The molecule has 0 spiro atoms. The molecule has 1 aliphatic heterocycles. The number of aryl methyl sites for hydroxylation is 1. The second-order valence-electron chi connectivity index (χ2n) is 6.13. The zero-order valence-electron chi connectivity index (χ0n) is 14.1. The van der Waals surface area contributed by atoms with Crippen LogP contribution in [0.15, 0.2) is 55.0 Å². The van der Waals surface area contributed by atoms with Crippen LogP contribution in [-0.2, 0) is 11.3 Å². The molecular weight excluding hydrogens is 300 g/mol. The van der Waals surface area contributed by atoms with E-state index in [9.17, 15) is 4.79 Å². The average molecular weight is 325 g/mol. The van der Waals surface area contributed by atoms with E-state index in [2.05, 4.69) is 26.8 Å². The van der Waals surface area contributed by atoms with E-state index in [0.717, 1.165) is 51.4 Å². The van der Waals surface area contributed by atoms with Crippen LogP contribution < -0.4 is 9.47 Å². The lowest BCUT2D eigenvalue weighted by molar-refractivity contribution is -0.697. The molecule has 0 bridgehead atoms. The van der Waals surface area contributed by atoms with Gasteiger partial charge in [0.1, 0.15) is 12.4 Å². The second-order valence-corrected chi connectivity index (χ2v) is 6.13. The van der Waals surface area contributed by atoms with Gasteiger partial charge in [-0.05, 0) is 18.6 Å². The first-order valence-corrected chi connectivity index (χ1v) is 8.71. The minimum Gasteiger partial charge on any atom is -0.353 e. The van der Waals surface area contributed by atoms with E-state index >= 15 is 0 Å². The van der Waals surface area contributed by atoms with Crippen molar-refractivity contribution in [1.82, 2.24) is 9.88 Å². The van der Waals surface area contributed by atoms with Crippen LogP contribution in [0.25, 0.3) is 0 Å². The summed E-state index contributed by atoms with van der Waals surface area (Å²) in [6.07, 6.45) is 8.58. The van der Waals surface area contributed by atoms with Gasteiger partial charge in [0.25, 0.3) is 0 Å². The molecule has 0 saturated carbocycles. The largest absolute Gasteiger partial charge is 0.353 e. The Bertz CT molecular complexity index is 624. The molecule has 0 aromatic carbocycles. The number of pyridine rings is 2. The topological polar surface area (TPSA) is 40.3 Å². The van der Waals surface area contributed by atoms with Gasteiger partial charge in [-0.2, -0.15) is 0 Å². The standard InChI is InChI=1S/C19H25N4O/c24-19(9-3-7-13-21-11-5-1-6-12-21)23-16-14-22(15-17-23)18-8-2-4-10-20-18/h1-2,4-6,8,10-12H,3,7,9,13-17H2/q+1. The number of piperazine rings is 1. The van der Waals surface area contributed by atoms with Gasteiger partial charge in [-0.25, -0.2) is 9.55 Å². The second kappa shape index (κ2) is 8.43. The molecule has 1 aliphatic rings. The highest BCUT2D eigenvalue weighted by Gasteiger charge is 2.21. The SMILES string of the molecule is O=C(CCCC[n+]1ccccc1)N1CCN(c2ccccn2)CC1. The van der Waals surface area contributed by atoms with Crippen LogP contribution in [0.3, 0.4) is 0 Å². The van der Waals surface area contributed by atoms with Crippen molar-refractivity contribution in [3.63, 3.8) is 0 Å². The first-order chi connectivity index (χ1) is 11.8. The zero-order valence-corrected chi connectivity index (χ0v) is 14.1. The van der Waals surface area contributed by atoms with Gasteiger partial charge in [-0.15, -0.1) is 0 Å². The summed E-state index contributed by atoms with van der Waals surface area (Å²) in [4.78, 5) is 21.0. The van der Waals surface area contributed by atoms with Crippen LogP contribution in [0.4, 0.5) is 5.82 Å². The molecule has 2 aromatic heterocycles. The fraction of sp³-hybridized carbons (Fsp3) is 0.421. The first kappa shape index (κ1) is 16.4. The summed E-state index contributed by atoms with van der Waals surface area (Å²) >= 11 is 0. The maximum absolute atomic E-state index is 12.3. The normalized spacial score (nSPS) is 14.7. The molecule has 24 heavy (non-hydrogen) atoms. The van der Waals surface area contributed by atoms with E-state index in [0.29, 0.717) is 6.42 Å². The third kappa shape index (κ3) is 4.54. The number of carbonyl (C=O) groups excluding carboxylic acids is 1. The molecule has 2 aromatic rings. The number of hydrogen-bond acceptors (Lipinski definition) is 3. The lowest BCUT2D eigenvalue weighted by atomic mass is 10.2. The van der Waals surface area contributed by atoms with Crippen LogP contribution in [0.5, 0.6) is 0 Å². The first-order valence-electron chi connectivity index (χ1n) is 8.71. The van der Waals surface area contributed by atoms with Crippen molar-refractivity contribution in [2.75, 3.05) is 31.1 Å². The Balaban J connectivity index is 1.36. The highest BCUT2D eigenvalue weighted by Crippen LogP contribution is 2.13. The molecule has 0 radical (unpaired) electrons. The van der Waals surface area contributed by atoms with E-state index in [1.165, 1.54) is 0 Å². The van der Waals surface area contributed by atoms with Gasteiger partial charge >= 0.3 is 0 Å². The summed E-state index contributed by atoms with van der Waals surface area (Å²) in [5.74, 6) is 1.29. The van der Waals surface area contributed by atoms with Gasteiger partial charge in [0, 0.05) is 57.4 Å². The van der Waals surface area contributed by atoms with Crippen molar-refractivity contribution in [1.29, 1.82) is 0 Å². The molecule has 1 saturated heterocycles. The van der Waals surface area contributed by atoms with E-state index < -0.39 is 0 Å². The molecule has 0 atom stereocenters. The summed E-state index contributed by atoms with van der Waals surface area (Å²) in [6.45, 7) is 4.29. The van der Waals surface area contributed by atoms with Gasteiger partial charge in [0.2, 0.25) is 5.91 Å². The van der Waals surface area contributed by atoms with E-state index in [4.69, 9.17) is 0 Å². The lowest BCUT2D eigenvalue weighted by Crippen LogP contribution is -2.49. The number of anilines is 1. The highest BCUT2D eigenvalue weighted by atomic mass is 16.2. The predicted octanol–water partition coefficient (Wildman–Crippen LogP) is 1.89. The number of nitrogens with zero attached hydrogens (tertiary/aromatic N) is 4. The quantitative estimate of drug-likeness (QED) is 0.601. The number of carbonyl (C=O) groups is 1. The smallest absolute Gasteiger partial charge is 0.222 e. The highest BCUT2D eigenvalue weighted by molar-refractivity contribution is 5.76. The zero-order chi connectivity index (χ0) is 16.6. The molecule has 0 aliphatic carbocycles. The molecule has 3 heterocycles. The maximum atomic E-state index is 12.3. The van der Waals surface area contributed by atoms with Crippen LogP contribution in [0.1, 0.15) is 19.3 Å². The number of hydrogen-bond donors (Lipinski definition) is 0. The number of rotatable bonds is 6. The summed E-state index contributed by atoms with van der Waals surface area (Å²) in [5, 5.41) is 0. The van der Waals surface area contributed by atoms with Crippen LogP contribution in [0, 0.1) is 0 Å². The maximum Gasteiger partial charge on any atom is 0.222 e. The Hall–Kier alpha value is -2.43. The molecule has 0 unspecified atom stereocenters. The van der Waals surface area contributed by atoms with Gasteiger partial charge < -0.3 is 9.80 Å². The minimum atomic E-state index is 0.286. The average Bonchev–Trinajstić information content (AvgIpc) is 2.67. The molecule has 1 fully saturated rings. The summed E-state index contributed by atoms with van der Waals surface area (Å²) in [6, 6.07) is 12.0. The third-order valence-corrected chi connectivity index (χ3v) is 4.44. The van der Waals surface area contributed by atoms with Crippen molar-refractivity contribution in [2.45, 2.75) is 25.8 Å². The molecule has 5 nitrogen and oxygen atoms in total. The van der Waals surface area contributed by atoms with E-state index in [1.54, 1.807) is 0 Å². The summed E-state index contributed by atoms with van der Waals surface area (Å²) in [7, 11) is 0. The lowest BCUT2D eigenvalue weighted by Gasteiger charge is -2.35. The van der Waals surface area contributed by atoms with Crippen LogP contribution >= 0.6 is 0 Å². The monoisotopic (exact) mass is 325 g/mol. The van der Waals surface area contributed by atoms with Crippen molar-refractivity contribution < 1.29 is 9.36 Å². The van der Waals surface area contributed by atoms with Crippen molar-refractivity contribution in [3.8, 4) is 0 Å². The Kier molecular flexibility index (Phi) is 5.77. The van der Waals surface area contributed by atoms with E-state index in [1.807, 2.05) is 47.5 Å². The van der Waals surface area contributed by atoms with E-state index in [-0.39, 0.29) is 5.91 Å². The summed E-state index contributed by atoms with van der Waals surface area (Å²) in [5.41, 5.74) is 0. The van der Waals surface area contributed by atoms with Crippen molar-refractivity contribution >= 4 is 11.7 Å². The van der Waals surface area contributed by atoms with Crippen LogP contribution in [-0.4, -0.2) is 42.0 Å². The molecule has 5 heteroatoms. The third-order valence-electron chi connectivity index (χ3n) is 4.44. The molecular formula is C19H25N4O+. The minimum absolute atomic E-state index is 0.286. The molecule has 3 rings (SSSR count).